The first kappa shape index (κ1) is 21.6. The van der Waals surface area contributed by atoms with Gasteiger partial charge in [-0.15, -0.1) is 11.3 Å². The maximum Gasteiger partial charge on any atom is 0.329 e. The van der Waals surface area contributed by atoms with Crippen LogP contribution in [-0.2, 0) is 20.7 Å². The second-order valence-electron chi connectivity index (χ2n) is 6.38. The summed E-state index contributed by atoms with van der Waals surface area (Å²) in [5, 5.41) is 7.33. The molecule has 0 spiro atoms. The number of esters is 1. The summed E-state index contributed by atoms with van der Waals surface area (Å²) in [7, 11) is 0. The summed E-state index contributed by atoms with van der Waals surface area (Å²) in [6.45, 7) is 3.60. The van der Waals surface area contributed by atoms with Crippen LogP contribution in [-0.4, -0.2) is 36.5 Å². The normalized spacial score (nSPS) is 11.7. The molecular weight excluding hydrogens is 376 g/mol. The molecule has 6 nitrogen and oxygen atoms in total. The van der Waals surface area contributed by atoms with E-state index in [0.717, 1.165) is 18.4 Å². The molecule has 2 amide bonds. The van der Waals surface area contributed by atoms with E-state index in [0.29, 0.717) is 4.88 Å². The van der Waals surface area contributed by atoms with Gasteiger partial charge in [-0.1, -0.05) is 50.2 Å². The Balaban J connectivity index is 1.99. The Kier molecular flexibility index (Phi) is 8.68. The number of hydrogen-bond acceptors (Lipinski definition) is 5. The zero-order valence-corrected chi connectivity index (χ0v) is 17.0. The van der Waals surface area contributed by atoms with Gasteiger partial charge in [0.2, 0.25) is 0 Å². The van der Waals surface area contributed by atoms with Crippen LogP contribution in [0.1, 0.15) is 41.9 Å². The summed E-state index contributed by atoms with van der Waals surface area (Å²) < 4.78 is 5.18. The zero-order chi connectivity index (χ0) is 20.4. The third kappa shape index (κ3) is 6.81. The zero-order valence-electron chi connectivity index (χ0n) is 16.1. The van der Waals surface area contributed by atoms with E-state index in [4.69, 9.17) is 4.74 Å². The van der Waals surface area contributed by atoms with Gasteiger partial charge in [0.15, 0.2) is 6.61 Å². The summed E-state index contributed by atoms with van der Waals surface area (Å²) in [5.41, 5.74) is 0.886. The molecule has 1 aromatic heterocycles. The number of benzene rings is 1. The van der Waals surface area contributed by atoms with Crippen molar-refractivity contribution < 1.29 is 19.1 Å². The number of carbonyl (C=O) groups is 3. The Morgan fingerprint density at radius 3 is 2.32 bits per heavy atom. The first-order valence-electron chi connectivity index (χ1n) is 9.37. The van der Waals surface area contributed by atoms with Gasteiger partial charge in [0.05, 0.1) is 4.88 Å². The average molecular weight is 403 g/mol. The van der Waals surface area contributed by atoms with Crippen LogP contribution in [0.4, 0.5) is 0 Å². The van der Waals surface area contributed by atoms with Crippen molar-refractivity contribution in [3.8, 4) is 0 Å². The van der Waals surface area contributed by atoms with Crippen LogP contribution < -0.4 is 10.6 Å². The summed E-state index contributed by atoms with van der Waals surface area (Å²) in [6, 6.07) is 12.0. The summed E-state index contributed by atoms with van der Waals surface area (Å²) in [5.74, 6) is -1.31. The smallest absolute Gasteiger partial charge is 0.329 e. The molecule has 0 fully saturated rings. The molecule has 1 atom stereocenters. The first-order valence-corrected chi connectivity index (χ1v) is 10.3. The Hall–Kier alpha value is -2.67. The van der Waals surface area contributed by atoms with Gasteiger partial charge in [0.25, 0.3) is 11.8 Å². The van der Waals surface area contributed by atoms with Gasteiger partial charge in [-0.25, -0.2) is 4.79 Å². The van der Waals surface area contributed by atoms with E-state index in [1.165, 1.54) is 11.3 Å². The predicted molar refractivity (Wildman–Crippen MR) is 109 cm³/mol. The van der Waals surface area contributed by atoms with E-state index in [2.05, 4.69) is 10.6 Å². The lowest BCUT2D eigenvalue weighted by molar-refractivity contribution is -0.150. The molecule has 0 unspecified atom stereocenters. The standard InChI is InChI=1S/C21H26N2O4S/c1-3-16(4-2)22-19(24)14-27-21(26)17(13-15-9-6-5-7-10-15)23-20(25)18-11-8-12-28-18/h5-12,16-17H,3-4,13-14H2,1-2H3,(H,22,24)(H,23,25)/t17-/m0/s1. The lowest BCUT2D eigenvalue weighted by atomic mass is 10.1. The van der Waals surface area contributed by atoms with Crippen LogP contribution >= 0.6 is 11.3 Å². The summed E-state index contributed by atoms with van der Waals surface area (Å²) >= 11 is 1.29. The van der Waals surface area contributed by atoms with Crippen LogP contribution in [0.5, 0.6) is 0 Å². The highest BCUT2D eigenvalue weighted by Gasteiger charge is 2.24. The number of carbonyl (C=O) groups excluding carboxylic acids is 3. The third-order valence-electron chi connectivity index (χ3n) is 4.31. The van der Waals surface area contributed by atoms with Crippen molar-refractivity contribution in [1.82, 2.24) is 10.6 Å². The highest BCUT2D eigenvalue weighted by molar-refractivity contribution is 7.12. The minimum absolute atomic E-state index is 0.0600. The minimum atomic E-state index is -0.877. The fraction of sp³-hybridized carbons (Fsp3) is 0.381. The molecule has 1 heterocycles. The number of ether oxygens (including phenoxy) is 1. The molecule has 0 bridgehead atoms. The van der Waals surface area contributed by atoms with Crippen molar-refractivity contribution >= 4 is 29.1 Å². The van der Waals surface area contributed by atoms with E-state index < -0.39 is 12.0 Å². The van der Waals surface area contributed by atoms with E-state index in [1.54, 1.807) is 17.5 Å². The molecule has 150 valence electrons. The third-order valence-corrected chi connectivity index (χ3v) is 5.18. The molecule has 2 N–H and O–H groups in total. The van der Waals surface area contributed by atoms with Crippen molar-refractivity contribution in [2.75, 3.05) is 6.61 Å². The van der Waals surface area contributed by atoms with Crippen LogP contribution in [0.15, 0.2) is 47.8 Å². The first-order chi connectivity index (χ1) is 13.5. The monoisotopic (exact) mass is 402 g/mol. The number of hydrogen-bond donors (Lipinski definition) is 2. The fourth-order valence-electron chi connectivity index (χ4n) is 2.68. The van der Waals surface area contributed by atoms with E-state index in [9.17, 15) is 14.4 Å². The summed E-state index contributed by atoms with van der Waals surface area (Å²) in [6.07, 6.45) is 1.90. The second kappa shape index (κ2) is 11.2. The van der Waals surface area contributed by atoms with Gasteiger partial charge >= 0.3 is 5.97 Å². The maximum atomic E-state index is 12.6. The van der Waals surface area contributed by atoms with Crippen molar-refractivity contribution in [3.63, 3.8) is 0 Å². The van der Waals surface area contributed by atoms with Crippen molar-refractivity contribution in [3.05, 3.63) is 58.3 Å². The van der Waals surface area contributed by atoms with Gasteiger partial charge in [-0.05, 0) is 29.9 Å². The lowest BCUT2D eigenvalue weighted by Gasteiger charge is -2.18. The molecule has 1 aromatic carbocycles. The van der Waals surface area contributed by atoms with Gasteiger partial charge < -0.3 is 15.4 Å². The van der Waals surface area contributed by atoms with Crippen molar-refractivity contribution in [1.29, 1.82) is 0 Å². The van der Waals surface area contributed by atoms with Crippen LogP contribution in [0, 0.1) is 0 Å². The van der Waals surface area contributed by atoms with Crippen LogP contribution in [0.2, 0.25) is 0 Å². The molecule has 28 heavy (non-hydrogen) atoms. The topological polar surface area (TPSA) is 84.5 Å². The minimum Gasteiger partial charge on any atom is -0.454 e. The Morgan fingerprint density at radius 1 is 1.00 bits per heavy atom. The van der Waals surface area contributed by atoms with E-state index in [1.807, 2.05) is 44.2 Å². The Bertz CT molecular complexity index is 758. The highest BCUT2D eigenvalue weighted by atomic mass is 32.1. The molecule has 0 saturated carbocycles. The SMILES string of the molecule is CCC(CC)NC(=O)COC(=O)[C@H](Cc1ccccc1)NC(=O)c1cccs1. The molecule has 0 aliphatic heterocycles. The summed E-state index contributed by atoms with van der Waals surface area (Å²) in [4.78, 5) is 37.5. The van der Waals surface area contributed by atoms with Gasteiger partial charge in [-0.2, -0.15) is 0 Å². The number of nitrogens with one attached hydrogen (secondary N) is 2. The predicted octanol–water partition coefficient (Wildman–Crippen LogP) is 2.94. The van der Waals surface area contributed by atoms with Crippen LogP contribution in [0.25, 0.3) is 0 Å². The van der Waals surface area contributed by atoms with E-state index >= 15 is 0 Å². The van der Waals surface area contributed by atoms with Gasteiger partial charge in [-0.3, -0.25) is 9.59 Å². The Morgan fingerprint density at radius 2 is 1.71 bits per heavy atom. The quantitative estimate of drug-likeness (QED) is 0.599. The number of amides is 2. The molecule has 0 saturated heterocycles. The number of thiophene rings is 1. The molecule has 2 aromatic rings. The Labute approximate surface area is 169 Å². The molecule has 0 aliphatic rings. The number of rotatable bonds is 10. The molecule has 7 heteroatoms. The molecule has 2 rings (SSSR count). The fourth-order valence-corrected chi connectivity index (χ4v) is 3.31. The average Bonchev–Trinajstić information content (AvgIpc) is 3.25. The van der Waals surface area contributed by atoms with E-state index in [-0.39, 0.29) is 30.9 Å². The van der Waals surface area contributed by atoms with Crippen LogP contribution in [0.3, 0.4) is 0 Å². The largest absolute Gasteiger partial charge is 0.454 e. The van der Waals surface area contributed by atoms with Gasteiger partial charge in [0.1, 0.15) is 6.04 Å². The molecular formula is C21H26N2O4S. The second-order valence-corrected chi connectivity index (χ2v) is 7.33. The van der Waals surface area contributed by atoms with Gasteiger partial charge in [0, 0.05) is 12.5 Å². The van der Waals surface area contributed by atoms with Crippen molar-refractivity contribution in [2.45, 2.75) is 45.2 Å². The highest BCUT2D eigenvalue weighted by Crippen LogP contribution is 2.10. The molecule has 0 radical (unpaired) electrons. The molecule has 0 aliphatic carbocycles. The van der Waals surface area contributed by atoms with Crippen molar-refractivity contribution in [2.24, 2.45) is 0 Å². The lowest BCUT2D eigenvalue weighted by Crippen LogP contribution is -2.44. The maximum absolute atomic E-state index is 12.6.